The number of para-hydroxylation sites is 1. The second-order valence-corrected chi connectivity index (χ2v) is 4.00. The summed E-state index contributed by atoms with van der Waals surface area (Å²) in [4.78, 5) is 23.4. The van der Waals surface area contributed by atoms with Gasteiger partial charge in [-0.3, -0.25) is 9.59 Å². The van der Waals surface area contributed by atoms with Gasteiger partial charge in [-0.15, -0.1) is 0 Å². The molecule has 20 heavy (non-hydrogen) atoms. The Bertz CT molecular complexity index is 594. The van der Waals surface area contributed by atoms with Gasteiger partial charge in [-0.1, -0.05) is 18.2 Å². The van der Waals surface area contributed by atoms with Gasteiger partial charge in [0.05, 0.1) is 7.11 Å². The SMILES string of the molecule is COc1ccc(NC(=O)C(=O)Nc2ccccc2)cc1. The Kier molecular flexibility index (Phi) is 4.34. The van der Waals surface area contributed by atoms with E-state index in [0.29, 0.717) is 17.1 Å². The Morgan fingerprint density at radius 1 is 0.800 bits per heavy atom. The van der Waals surface area contributed by atoms with Crippen LogP contribution < -0.4 is 15.4 Å². The first-order valence-corrected chi connectivity index (χ1v) is 6.00. The van der Waals surface area contributed by atoms with Gasteiger partial charge in [0.15, 0.2) is 0 Å². The van der Waals surface area contributed by atoms with E-state index in [-0.39, 0.29) is 0 Å². The number of rotatable bonds is 3. The minimum absolute atomic E-state index is 0.527. The summed E-state index contributed by atoms with van der Waals surface area (Å²) >= 11 is 0. The molecule has 0 unspecified atom stereocenters. The van der Waals surface area contributed by atoms with Gasteiger partial charge in [0.2, 0.25) is 0 Å². The molecule has 0 saturated carbocycles. The van der Waals surface area contributed by atoms with Gasteiger partial charge in [0, 0.05) is 11.4 Å². The van der Waals surface area contributed by atoms with E-state index in [4.69, 9.17) is 4.74 Å². The molecule has 0 aromatic heterocycles. The zero-order valence-electron chi connectivity index (χ0n) is 10.9. The average Bonchev–Trinajstić information content (AvgIpc) is 2.49. The molecular formula is C15H14N2O3. The standard InChI is InChI=1S/C15H14N2O3/c1-20-13-9-7-12(8-10-13)17-15(19)14(18)16-11-5-3-2-4-6-11/h2-10H,1H3,(H,16,18)(H,17,19). The Labute approximate surface area is 116 Å². The predicted octanol–water partition coefficient (Wildman–Crippen LogP) is 2.27. The lowest BCUT2D eigenvalue weighted by molar-refractivity contribution is -0.132. The molecule has 0 fully saturated rings. The number of carbonyl (C=O) groups is 2. The molecular weight excluding hydrogens is 256 g/mol. The lowest BCUT2D eigenvalue weighted by Gasteiger charge is -2.07. The molecule has 0 aliphatic heterocycles. The summed E-state index contributed by atoms with van der Waals surface area (Å²) in [6.45, 7) is 0. The normalized spacial score (nSPS) is 9.65. The van der Waals surface area contributed by atoms with Crippen LogP contribution in [0.4, 0.5) is 11.4 Å². The van der Waals surface area contributed by atoms with Crippen molar-refractivity contribution in [1.29, 1.82) is 0 Å². The van der Waals surface area contributed by atoms with Gasteiger partial charge in [-0.25, -0.2) is 0 Å². The summed E-state index contributed by atoms with van der Waals surface area (Å²) in [6, 6.07) is 15.5. The first-order chi connectivity index (χ1) is 9.69. The molecule has 2 N–H and O–H groups in total. The average molecular weight is 270 g/mol. The van der Waals surface area contributed by atoms with E-state index in [1.807, 2.05) is 6.07 Å². The highest BCUT2D eigenvalue weighted by Gasteiger charge is 2.13. The van der Waals surface area contributed by atoms with Crippen LogP contribution in [0, 0.1) is 0 Å². The van der Waals surface area contributed by atoms with Crippen molar-refractivity contribution in [1.82, 2.24) is 0 Å². The van der Waals surface area contributed by atoms with E-state index in [1.165, 1.54) is 0 Å². The van der Waals surface area contributed by atoms with E-state index in [0.717, 1.165) is 0 Å². The number of anilines is 2. The summed E-state index contributed by atoms with van der Waals surface area (Å²) in [5.41, 5.74) is 1.10. The zero-order valence-corrected chi connectivity index (χ0v) is 10.9. The highest BCUT2D eigenvalue weighted by atomic mass is 16.5. The van der Waals surface area contributed by atoms with E-state index in [9.17, 15) is 9.59 Å². The molecule has 2 amide bonds. The fourth-order valence-corrected chi connectivity index (χ4v) is 1.57. The van der Waals surface area contributed by atoms with Crippen LogP contribution in [-0.4, -0.2) is 18.9 Å². The Morgan fingerprint density at radius 3 is 1.80 bits per heavy atom. The van der Waals surface area contributed by atoms with E-state index < -0.39 is 11.8 Å². The number of ether oxygens (including phenoxy) is 1. The van der Waals surface area contributed by atoms with Crippen LogP contribution in [0.15, 0.2) is 54.6 Å². The minimum Gasteiger partial charge on any atom is -0.497 e. The molecule has 0 radical (unpaired) electrons. The Morgan fingerprint density at radius 2 is 1.30 bits per heavy atom. The molecule has 2 rings (SSSR count). The zero-order chi connectivity index (χ0) is 14.4. The largest absolute Gasteiger partial charge is 0.497 e. The fourth-order valence-electron chi connectivity index (χ4n) is 1.57. The van der Waals surface area contributed by atoms with Crippen molar-refractivity contribution in [2.24, 2.45) is 0 Å². The van der Waals surface area contributed by atoms with Crippen LogP contribution >= 0.6 is 0 Å². The number of methoxy groups -OCH3 is 1. The van der Waals surface area contributed by atoms with Gasteiger partial charge in [-0.2, -0.15) is 0 Å². The van der Waals surface area contributed by atoms with Crippen LogP contribution in [0.5, 0.6) is 5.75 Å². The summed E-state index contributed by atoms with van der Waals surface area (Å²) in [5.74, 6) is -0.761. The number of hydrogen-bond donors (Lipinski definition) is 2. The number of benzene rings is 2. The van der Waals surface area contributed by atoms with Crippen molar-refractivity contribution >= 4 is 23.2 Å². The molecule has 5 heteroatoms. The first-order valence-electron chi connectivity index (χ1n) is 6.00. The molecule has 0 saturated heterocycles. The van der Waals surface area contributed by atoms with Crippen LogP contribution in [0.3, 0.4) is 0 Å². The molecule has 0 atom stereocenters. The van der Waals surface area contributed by atoms with Crippen LogP contribution in [0.1, 0.15) is 0 Å². The molecule has 2 aromatic rings. The Balaban J connectivity index is 1.95. The third kappa shape index (κ3) is 3.58. The summed E-state index contributed by atoms with van der Waals surface area (Å²) < 4.78 is 5.01. The third-order valence-corrected chi connectivity index (χ3v) is 2.59. The third-order valence-electron chi connectivity index (χ3n) is 2.59. The van der Waals surface area contributed by atoms with Crippen molar-refractivity contribution in [3.05, 3.63) is 54.6 Å². The van der Waals surface area contributed by atoms with Crippen molar-refractivity contribution in [2.45, 2.75) is 0 Å². The highest BCUT2D eigenvalue weighted by molar-refractivity contribution is 6.43. The number of amides is 2. The highest BCUT2D eigenvalue weighted by Crippen LogP contribution is 2.15. The summed E-state index contributed by atoms with van der Waals surface area (Å²) in [7, 11) is 1.56. The molecule has 0 bridgehead atoms. The number of hydrogen-bond acceptors (Lipinski definition) is 3. The maximum atomic E-state index is 11.7. The Hall–Kier alpha value is -2.82. The van der Waals surface area contributed by atoms with Gasteiger partial charge in [-0.05, 0) is 36.4 Å². The van der Waals surface area contributed by atoms with Crippen molar-refractivity contribution in [3.8, 4) is 5.75 Å². The second-order valence-electron chi connectivity index (χ2n) is 4.00. The van der Waals surface area contributed by atoms with Gasteiger partial charge in [0.1, 0.15) is 5.75 Å². The number of carbonyl (C=O) groups excluding carboxylic acids is 2. The maximum Gasteiger partial charge on any atom is 0.314 e. The topological polar surface area (TPSA) is 67.4 Å². The molecule has 5 nitrogen and oxygen atoms in total. The van der Waals surface area contributed by atoms with E-state index in [1.54, 1.807) is 55.6 Å². The van der Waals surface area contributed by atoms with E-state index >= 15 is 0 Å². The van der Waals surface area contributed by atoms with Gasteiger partial charge in [0.25, 0.3) is 0 Å². The second kappa shape index (κ2) is 6.38. The van der Waals surface area contributed by atoms with E-state index in [2.05, 4.69) is 10.6 Å². The molecule has 0 heterocycles. The van der Waals surface area contributed by atoms with Crippen LogP contribution in [-0.2, 0) is 9.59 Å². The smallest absolute Gasteiger partial charge is 0.314 e. The molecule has 102 valence electrons. The van der Waals surface area contributed by atoms with Gasteiger partial charge >= 0.3 is 11.8 Å². The van der Waals surface area contributed by atoms with Crippen molar-refractivity contribution in [3.63, 3.8) is 0 Å². The maximum absolute atomic E-state index is 11.7. The van der Waals surface area contributed by atoms with Crippen LogP contribution in [0.25, 0.3) is 0 Å². The molecule has 0 spiro atoms. The fraction of sp³-hybridized carbons (Fsp3) is 0.0667. The monoisotopic (exact) mass is 270 g/mol. The number of nitrogens with one attached hydrogen (secondary N) is 2. The summed E-state index contributed by atoms with van der Waals surface area (Å²) in [5, 5.41) is 5.02. The molecule has 2 aromatic carbocycles. The van der Waals surface area contributed by atoms with Crippen molar-refractivity contribution in [2.75, 3.05) is 17.7 Å². The molecule has 0 aliphatic carbocycles. The van der Waals surface area contributed by atoms with Crippen LogP contribution in [0.2, 0.25) is 0 Å². The lowest BCUT2D eigenvalue weighted by atomic mass is 10.3. The van der Waals surface area contributed by atoms with Gasteiger partial charge < -0.3 is 15.4 Å². The lowest BCUT2D eigenvalue weighted by Crippen LogP contribution is -2.28. The quantitative estimate of drug-likeness (QED) is 0.841. The van der Waals surface area contributed by atoms with Crippen molar-refractivity contribution < 1.29 is 14.3 Å². The minimum atomic E-state index is -0.723. The summed E-state index contributed by atoms with van der Waals surface area (Å²) in [6.07, 6.45) is 0. The first kappa shape index (κ1) is 13.6. The predicted molar refractivity (Wildman–Crippen MR) is 76.7 cm³/mol. The molecule has 0 aliphatic rings.